The normalized spacial score (nSPS) is 12.0. The number of unbranched alkanes of at least 4 members (excludes halogenated alkanes) is 6. The average Bonchev–Trinajstić information content (AvgIpc) is 2.42. The monoisotopic (exact) mass is 255 g/mol. The molecule has 0 saturated carbocycles. The summed E-state index contributed by atoms with van der Waals surface area (Å²) in [5, 5.41) is 3.79. The molecule has 0 unspecified atom stereocenters. The van der Waals surface area contributed by atoms with Crippen LogP contribution in [0.3, 0.4) is 0 Å². The second-order valence-corrected chi connectivity index (χ2v) is 5.79. The Labute approximate surface area is 116 Å². The molecule has 0 rings (SSSR count). The van der Waals surface area contributed by atoms with E-state index in [1.54, 1.807) is 0 Å². The van der Waals surface area contributed by atoms with Crippen LogP contribution in [-0.4, -0.2) is 12.1 Å². The summed E-state index contributed by atoms with van der Waals surface area (Å²) in [5.41, 5.74) is 0.430. The van der Waals surface area contributed by atoms with Gasteiger partial charge in [0, 0.05) is 5.54 Å². The van der Waals surface area contributed by atoms with Crippen molar-refractivity contribution in [2.45, 2.75) is 104 Å². The quantitative estimate of drug-likeness (QED) is 0.417. The predicted molar refractivity (Wildman–Crippen MR) is 84.2 cm³/mol. The smallest absolute Gasteiger partial charge is 0.0176 e. The zero-order valence-electron chi connectivity index (χ0n) is 13.5. The van der Waals surface area contributed by atoms with E-state index < -0.39 is 0 Å². The van der Waals surface area contributed by atoms with Crippen LogP contribution in [0.4, 0.5) is 0 Å². The van der Waals surface area contributed by atoms with Crippen molar-refractivity contribution in [1.29, 1.82) is 0 Å². The third-order valence-corrected chi connectivity index (χ3v) is 4.36. The molecule has 0 bridgehead atoms. The van der Waals surface area contributed by atoms with Crippen molar-refractivity contribution in [1.82, 2.24) is 5.32 Å². The average molecular weight is 255 g/mol. The van der Waals surface area contributed by atoms with E-state index in [2.05, 4.69) is 33.0 Å². The molecule has 0 aromatic carbocycles. The van der Waals surface area contributed by atoms with Crippen molar-refractivity contribution >= 4 is 0 Å². The molecule has 0 atom stereocenters. The van der Waals surface area contributed by atoms with Crippen molar-refractivity contribution in [2.24, 2.45) is 0 Å². The highest BCUT2D eigenvalue weighted by atomic mass is 15.0. The van der Waals surface area contributed by atoms with Crippen LogP contribution in [0, 0.1) is 0 Å². The molecule has 0 amide bonds. The summed E-state index contributed by atoms with van der Waals surface area (Å²) in [5.74, 6) is 0. The molecule has 0 heterocycles. The largest absolute Gasteiger partial charge is 0.311 e. The van der Waals surface area contributed by atoms with Gasteiger partial charge in [-0.05, 0) is 32.2 Å². The van der Waals surface area contributed by atoms with E-state index >= 15 is 0 Å². The summed E-state index contributed by atoms with van der Waals surface area (Å²) in [6, 6.07) is 0. The zero-order valence-corrected chi connectivity index (χ0v) is 13.5. The van der Waals surface area contributed by atoms with Gasteiger partial charge in [-0.15, -0.1) is 0 Å². The standard InChI is InChI=1S/C17H37N/c1-5-9-10-11-12-13-14-15-17(7-3,8-4)18-16-6-2/h18H,5-16H2,1-4H3. The van der Waals surface area contributed by atoms with Gasteiger partial charge in [0.15, 0.2) is 0 Å². The third-order valence-electron chi connectivity index (χ3n) is 4.36. The van der Waals surface area contributed by atoms with Crippen LogP contribution < -0.4 is 5.32 Å². The molecule has 0 aliphatic carbocycles. The molecule has 18 heavy (non-hydrogen) atoms. The lowest BCUT2D eigenvalue weighted by Gasteiger charge is -2.33. The van der Waals surface area contributed by atoms with Crippen molar-refractivity contribution in [3.05, 3.63) is 0 Å². The highest BCUT2D eigenvalue weighted by molar-refractivity contribution is 4.84. The maximum absolute atomic E-state index is 3.79. The van der Waals surface area contributed by atoms with E-state index in [9.17, 15) is 0 Å². The molecule has 1 heteroatoms. The van der Waals surface area contributed by atoms with Crippen LogP contribution >= 0.6 is 0 Å². The Morgan fingerprint density at radius 2 is 1.22 bits per heavy atom. The second-order valence-electron chi connectivity index (χ2n) is 5.79. The van der Waals surface area contributed by atoms with Gasteiger partial charge in [0.25, 0.3) is 0 Å². The minimum atomic E-state index is 0.430. The first kappa shape index (κ1) is 18.0. The summed E-state index contributed by atoms with van der Waals surface area (Å²) in [7, 11) is 0. The van der Waals surface area contributed by atoms with Gasteiger partial charge >= 0.3 is 0 Å². The maximum atomic E-state index is 3.79. The van der Waals surface area contributed by atoms with Crippen molar-refractivity contribution in [2.75, 3.05) is 6.54 Å². The summed E-state index contributed by atoms with van der Waals surface area (Å²) in [6.45, 7) is 10.4. The fourth-order valence-electron chi connectivity index (χ4n) is 2.75. The van der Waals surface area contributed by atoms with Crippen LogP contribution in [0.15, 0.2) is 0 Å². The SMILES string of the molecule is CCCCCCCCCC(CC)(CC)NCCC. The first-order valence-electron chi connectivity index (χ1n) is 8.49. The van der Waals surface area contributed by atoms with Crippen molar-refractivity contribution in [3.63, 3.8) is 0 Å². The van der Waals surface area contributed by atoms with Gasteiger partial charge in [-0.25, -0.2) is 0 Å². The fourth-order valence-corrected chi connectivity index (χ4v) is 2.75. The third kappa shape index (κ3) is 8.13. The highest BCUT2D eigenvalue weighted by Gasteiger charge is 2.23. The molecule has 0 spiro atoms. The van der Waals surface area contributed by atoms with Gasteiger partial charge in [-0.1, -0.05) is 72.6 Å². The second kappa shape index (κ2) is 12.0. The number of rotatable bonds is 13. The van der Waals surface area contributed by atoms with Crippen LogP contribution in [-0.2, 0) is 0 Å². The van der Waals surface area contributed by atoms with E-state index in [0.29, 0.717) is 5.54 Å². The van der Waals surface area contributed by atoms with E-state index in [0.717, 1.165) is 0 Å². The molecule has 0 aliphatic heterocycles. The van der Waals surface area contributed by atoms with Gasteiger partial charge in [-0.3, -0.25) is 0 Å². The Hall–Kier alpha value is -0.0400. The number of hydrogen-bond acceptors (Lipinski definition) is 1. The molecule has 0 fully saturated rings. The summed E-state index contributed by atoms with van der Waals surface area (Å²) >= 11 is 0. The van der Waals surface area contributed by atoms with Gasteiger partial charge in [0.2, 0.25) is 0 Å². The van der Waals surface area contributed by atoms with Gasteiger partial charge in [0.05, 0.1) is 0 Å². The van der Waals surface area contributed by atoms with Crippen LogP contribution in [0.1, 0.15) is 98.3 Å². The summed E-state index contributed by atoms with van der Waals surface area (Å²) in [6.07, 6.45) is 15.1. The summed E-state index contributed by atoms with van der Waals surface area (Å²) in [4.78, 5) is 0. The molecule has 1 nitrogen and oxygen atoms in total. The summed E-state index contributed by atoms with van der Waals surface area (Å²) < 4.78 is 0. The van der Waals surface area contributed by atoms with Gasteiger partial charge in [-0.2, -0.15) is 0 Å². The maximum Gasteiger partial charge on any atom is 0.0176 e. The van der Waals surface area contributed by atoms with Gasteiger partial charge in [0.1, 0.15) is 0 Å². The number of hydrogen-bond donors (Lipinski definition) is 1. The van der Waals surface area contributed by atoms with Crippen molar-refractivity contribution in [3.8, 4) is 0 Å². The number of nitrogens with one attached hydrogen (secondary N) is 1. The molecular formula is C17H37N. The highest BCUT2D eigenvalue weighted by Crippen LogP contribution is 2.23. The Bertz CT molecular complexity index is 161. The topological polar surface area (TPSA) is 12.0 Å². The molecule has 1 N–H and O–H groups in total. The first-order valence-corrected chi connectivity index (χ1v) is 8.49. The van der Waals surface area contributed by atoms with E-state index in [1.165, 1.54) is 77.2 Å². The van der Waals surface area contributed by atoms with Crippen molar-refractivity contribution < 1.29 is 0 Å². The predicted octanol–water partition coefficient (Wildman–Crippen LogP) is 5.69. The van der Waals surface area contributed by atoms with Crippen LogP contribution in [0.2, 0.25) is 0 Å². The molecule has 0 aromatic heterocycles. The van der Waals surface area contributed by atoms with E-state index in [1.807, 2.05) is 0 Å². The molecule has 0 radical (unpaired) electrons. The Kier molecular flexibility index (Phi) is 12.0. The van der Waals surface area contributed by atoms with E-state index in [-0.39, 0.29) is 0 Å². The first-order chi connectivity index (χ1) is 8.74. The fraction of sp³-hybridized carbons (Fsp3) is 1.00. The van der Waals surface area contributed by atoms with Crippen LogP contribution in [0.5, 0.6) is 0 Å². The molecule has 0 saturated heterocycles. The van der Waals surface area contributed by atoms with Crippen LogP contribution in [0.25, 0.3) is 0 Å². The van der Waals surface area contributed by atoms with Gasteiger partial charge < -0.3 is 5.32 Å². The Morgan fingerprint density at radius 1 is 0.667 bits per heavy atom. The molecular weight excluding hydrogens is 218 g/mol. The lowest BCUT2D eigenvalue weighted by Crippen LogP contribution is -2.44. The minimum absolute atomic E-state index is 0.430. The lowest BCUT2D eigenvalue weighted by molar-refractivity contribution is 0.271. The molecule has 110 valence electrons. The Balaban J connectivity index is 3.69. The zero-order chi connectivity index (χ0) is 13.7. The lowest BCUT2D eigenvalue weighted by atomic mass is 9.86. The minimum Gasteiger partial charge on any atom is -0.311 e. The molecule has 0 aromatic rings. The molecule has 0 aliphatic rings. The van der Waals surface area contributed by atoms with E-state index in [4.69, 9.17) is 0 Å². The Morgan fingerprint density at radius 3 is 1.72 bits per heavy atom.